The Morgan fingerprint density at radius 2 is 2.10 bits per heavy atom. The Bertz CT molecular complexity index is 1110. The third-order valence-electron chi connectivity index (χ3n) is 5.15. The molecule has 2 heterocycles. The van der Waals surface area contributed by atoms with Gasteiger partial charge in [0.05, 0.1) is 24.2 Å². The van der Waals surface area contributed by atoms with Crippen LogP contribution in [0, 0.1) is 0 Å². The van der Waals surface area contributed by atoms with Crippen LogP contribution in [0.5, 0.6) is 11.5 Å². The van der Waals surface area contributed by atoms with Crippen LogP contribution in [0.2, 0.25) is 0 Å². The number of hydrogen-bond donors (Lipinski definition) is 1. The smallest absolute Gasteiger partial charge is 0.265 e. The van der Waals surface area contributed by atoms with Gasteiger partial charge in [0, 0.05) is 5.56 Å². The van der Waals surface area contributed by atoms with Gasteiger partial charge in [-0.25, -0.2) is 0 Å². The van der Waals surface area contributed by atoms with Gasteiger partial charge in [0.2, 0.25) is 0 Å². The molecule has 8 heteroatoms. The summed E-state index contributed by atoms with van der Waals surface area (Å²) in [6, 6.07) is 11.5. The van der Waals surface area contributed by atoms with Crippen molar-refractivity contribution in [1.29, 1.82) is 0 Å². The van der Waals surface area contributed by atoms with Gasteiger partial charge in [0.25, 0.3) is 11.8 Å². The van der Waals surface area contributed by atoms with E-state index < -0.39 is 0 Å². The number of ether oxygens (including phenoxy) is 2. The molecule has 4 rings (SSSR count). The van der Waals surface area contributed by atoms with Gasteiger partial charge in [-0.2, -0.15) is 0 Å². The van der Waals surface area contributed by atoms with E-state index in [4.69, 9.17) is 21.7 Å². The number of amides is 2. The minimum atomic E-state index is -0.216. The number of anilines is 1. The summed E-state index contributed by atoms with van der Waals surface area (Å²) in [6.07, 6.45) is 1.76. The molecule has 0 bridgehead atoms. The van der Waals surface area contributed by atoms with E-state index in [1.165, 1.54) is 11.8 Å². The van der Waals surface area contributed by atoms with Crippen molar-refractivity contribution in [1.82, 2.24) is 5.32 Å². The zero-order chi connectivity index (χ0) is 22.1. The molecule has 31 heavy (non-hydrogen) atoms. The molecule has 2 aromatic carbocycles. The molecule has 2 aliphatic rings. The van der Waals surface area contributed by atoms with Crippen molar-refractivity contribution in [3.8, 4) is 11.5 Å². The summed E-state index contributed by atoms with van der Waals surface area (Å²) in [5.41, 5.74) is 3.47. The van der Waals surface area contributed by atoms with Gasteiger partial charge < -0.3 is 19.7 Å². The number of methoxy groups -OCH3 is 1. The van der Waals surface area contributed by atoms with Crippen LogP contribution in [0.4, 0.5) is 5.69 Å². The highest BCUT2D eigenvalue weighted by molar-refractivity contribution is 8.26. The number of thiocarbonyl (C=S) groups is 1. The number of thioether (sulfide) groups is 1. The van der Waals surface area contributed by atoms with Gasteiger partial charge in [-0.05, 0) is 35.3 Å². The second-order valence-electron chi connectivity index (χ2n) is 7.54. The van der Waals surface area contributed by atoms with Gasteiger partial charge in [0.1, 0.15) is 15.8 Å². The van der Waals surface area contributed by atoms with Gasteiger partial charge in [-0.15, -0.1) is 0 Å². The van der Waals surface area contributed by atoms with Crippen molar-refractivity contribution < 1.29 is 19.1 Å². The van der Waals surface area contributed by atoms with E-state index in [1.54, 1.807) is 18.1 Å². The maximum atomic E-state index is 12.8. The minimum Gasteiger partial charge on any atom is -0.496 e. The van der Waals surface area contributed by atoms with E-state index in [0.29, 0.717) is 33.1 Å². The van der Waals surface area contributed by atoms with Crippen molar-refractivity contribution in [2.75, 3.05) is 18.6 Å². The first kappa shape index (κ1) is 21.4. The minimum absolute atomic E-state index is 0.0217. The van der Waals surface area contributed by atoms with E-state index in [2.05, 4.69) is 19.2 Å². The monoisotopic (exact) mass is 454 g/mol. The molecule has 6 nitrogen and oxygen atoms in total. The highest BCUT2D eigenvalue weighted by Crippen LogP contribution is 2.38. The Morgan fingerprint density at radius 3 is 2.77 bits per heavy atom. The first-order valence-corrected chi connectivity index (χ1v) is 11.1. The topological polar surface area (TPSA) is 67.9 Å². The average molecular weight is 455 g/mol. The van der Waals surface area contributed by atoms with Crippen LogP contribution in [-0.2, 0) is 16.1 Å². The SMILES string of the molecule is COc1c(CN2C(=O)COc3ccc(C=C4SC(=S)NC4=O)cc32)cccc1C(C)C. The molecule has 1 saturated heterocycles. The number of rotatable bonds is 5. The average Bonchev–Trinajstić information content (AvgIpc) is 3.06. The first-order chi connectivity index (χ1) is 14.9. The molecule has 2 amide bonds. The molecule has 2 aliphatic heterocycles. The van der Waals surface area contributed by atoms with E-state index >= 15 is 0 Å². The number of carbonyl (C=O) groups is 2. The lowest BCUT2D eigenvalue weighted by Crippen LogP contribution is -2.38. The summed E-state index contributed by atoms with van der Waals surface area (Å²) in [4.78, 5) is 27.0. The quantitative estimate of drug-likeness (QED) is 0.539. The predicted molar refractivity (Wildman–Crippen MR) is 127 cm³/mol. The molecule has 0 unspecified atom stereocenters. The molecule has 160 valence electrons. The summed E-state index contributed by atoms with van der Waals surface area (Å²) in [5, 5.41) is 2.61. The number of fused-ring (bicyclic) bond motifs is 1. The molecule has 0 saturated carbocycles. The fourth-order valence-electron chi connectivity index (χ4n) is 3.66. The number of carbonyl (C=O) groups excluding carboxylic acids is 2. The predicted octanol–water partition coefficient (Wildman–Crippen LogP) is 4.23. The van der Waals surface area contributed by atoms with Crippen LogP contribution < -0.4 is 19.7 Å². The lowest BCUT2D eigenvalue weighted by atomic mass is 9.98. The number of nitrogens with zero attached hydrogens (tertiary/aromatic N) is 1. The fraction of sp³-hybridized carbons (Fsp3) is 0.261. The molecule has 0 aromatic heterocycles. The van der Waals surface area contributed by atoms with Crippen molar-refractivity contribution in [3.05, 3.63) is 58.0 Å². The van der Waals surface area contributed by atoms with Gasteiger partial charge in [0.15, 0.2) is 6.61 Å². The van der Waals surface area contributed by atoms with Crippen LogP contribution >= 0.6 is 24.0 Å². The number of nitrogens with one attached hydrogen (secondary N) is 1. The van der Waals surface area contributed by atoms with Crippen LogP contribution in [-0.4, -0.2) is 29.9 Å². The number of para-hydroxylation sites is 1. The Kier molecular flexibility index (Phi) is 6.02. The van der Waals surface area contributed by atoms with Crippen LogP contribution in [0.25, 0.3) is 6.08 Å². The van der Waals surface area contributed by atoms with Gasteiger partial charge in [-0.3, -0.25) is 9.59 Å². The summed E-state index contributed by atoms with van der Waals surface area (Å²) in [6.45, 7) is 4.56. The van der Waals surface area contributed by atoms with E-state index in [-0.39, 0.29) is 18.4 Å². The molecule has 1 N–H and O–H groups in total. The summed E-state index contributed by atoms with van der Waals surface area (Å²) in [7, 11) is 1.65. The molecule has 1 fully saturated rings. The molecule has 0 atom stereocenters. The van der Waals surface area contributed by atoms with Crippen LogP contribution in [0.1, 0.15) is 36.5 Å². The third kappa shape index (κ3) is 4.31. The molecule has 0 spiro atoms. The normalized spacial score (nSPS) is 17.1. The second kappa shape index (κ2) is 8.72. The first-order valence-electron chi connectivity index (χ1n) is 9.85. The zero-order valence-corrected chi connectivity index (χ0v) is 19.1. The molecular weight excluding hydrogens is 432 g/mol. The van der Waals surface area contributed by atoms with E-state index in [0.717, 1.165) is 22.4 Å². The van der Waals surface area contributed by atoms with E-state index in [1.807, 2.05) is 36.4 Å². The van der Waals surface area contributed by atoms with E-state index in [9.17, 15) is 9.59 Å². The van der Waals surface area contributed by atoms with Crippen molar-refractivity contribution in [2.24, 2.45) is 0 Å². The van der Waals surface area contributed by atoms with Crippen LogP contribution in [0.3, 0.4) is 0 Å². The highest BCUT2D eigenvalue weighted by atomic mass is 32.2. The molecule has 2 aromatic rings. The maximum Gasteiger partial charge on any atom is 0.265 e. The molecule has 0 aliphatic carbocycles. The Hall–Kier alpha value is -2.84. The molecular formula is C23H22N2O4S2. The van der Waals surface area contributed by atoms with Crippen molar-refractivity contribution >= 4 is 51.9 Å². The maximum absolute atomic E-state index is 12.8. The lowest BCUT2D eigenvalue weighted by Gasteiger charge is -2.30. The Labute approximate surface area is 190 Å². The number of hydrogen-bond acceptors (Lipinski definition) is 6. The second-order valence-corrected chi connectivity index (χ2v) is 9.26. The zero-order valence-electron chi connectivity index (χ0n) is 17.4. The third-order valence-corrected chi connectivity index (χ3v) is 6.31. The number of benzene rings is 2. The largest absolute Gasteiger partial charge is 0.496 e. The van der Waals surface area contributed by atoms with Crippen molar-refractivity contribution in [2.45, 2.75) is 26.3 Å². The Morgan fingerprint density at radius 1 is 1.29 bits per heavy atom. The highest BCUT2D eigenvalue weighted by Gasteiger charge is 2.28. The summed E-state index contributed by atoms with van der Waals surface area (Å²) in [5.74, 6) is 1.36. The van der Waals surface area contributed by atoms with Gasteiger partial charge >= 0.3 is 0 Å². The van der Waals surface area contributed by atoms with Gasteiger partial charge in [-0.1, -0.05) is 62.1 Å². The Balaban J connectivity index is 1.71. The lowest BCUT2D eigenvalue weighted by molar-refractivity contribution is -0.121. The summed E-state index contributed by atoms with van der Waals surface area (Å²) < 4.78 is 11.8. The molecule has 0 radical (unpaired) electrons. The standard InChI is InChI=1S/C23H22N2O4S2/c1-13(2)16-6-4-5-15(21(16)28-3)11-25-17-9-14(7-8-18(17)29-12-20(25)26)10-19-22(27)24-23(30)31-19/h4-10,13H,11-12H2,1-3H3,(H,24,27,30). The summed E-state index contributed by atoms with van der Waals surface area (Å²) >= 11 is 6.27. The van der Waals surface area contributed by atoms with Crippen molar-refractivity contribution in [3.63, 3.8) is 0 Å². The fourth-order valence-corrected chi connectivity index (χ4v) is 4.70. The van der Waals surface area contributed by atoms with Crippen LogP contribution in [0.15, 0.2) is 41.3 Å².